The van der Waals surface area contributed by atoms with Gasteiger partial charge in [-0.3, -0.25) is 9.59 Å². The van der Waals surface area contributed by atoms with Crippen molar-refractivity contribution in [1.82, 2.24) is 5.32 Å². The number of hydrogen-bond acceptors (Lipinski definition) is 3. The Balaban J connectivity index is 2.06. The van der Waals surface area contributed by atoms with Crippen LogP contribution in [0.4, 0.5) is 0 Å². The Hall–Kier alpha value is -1.88. The molecule has 1 fully saturated rings. The van der Waals surface area contributed by atoms with Crippen molar-refractivity contribution in [1.29, 1.82) is 0 Å². The summed E-state index contributed by atoms with van der Waals surface area (Å²) in [6, 6.07) is 9.07. The standard InChI is InChI=1S/C17H23NO4/c1-3-17(16(20)21,12-8-6-5-7-9-12)11-18-15(19)13-10-14(13)22-4-2/h5-9,13-14H,3-4,10-11H2,1-2H3,(H,18,19)(H,20,21). The largest absolute Gasteiger partial charge is 0.481 e. The van der Waals surface area contributed by atoms with Crippen LogP contribution in [0.25, 0.3) is 0 Å². The van der Waals surface area contributed by atoms with E-state index in [0.717, 1.165) is 6.42 Å². The Morgan fingerprint density at radius 2 is 2.00 bits per heavy atom. The SMILES string of the molecule is CCOC1CC1C(=O)NCC(CC)(C(=O)O)c1ccccc1. The number of carbonyl (C=O) groups excluding carboxylic acids is 1. The third-order valence-corrected chi connectivity index (χ3v) is 4.35. The van der Waals surface area contributed by atoms with Crippen LogP contribution in [0.3, 0.4) is 0 Å². The first kappa shape index (κ1) is 16.5. The molecule has 2 N–H and O–H groups in total. The molecule has 0 saturated heterocycles. The Labute approximate surface area is 130 Å². The number of hydrogen-bond donors (Lipinski definition) is 2. The molecular weight excluding hydrogens is 282 g/mol. The number of carboxylic acids is 1. The summed E-state index contributed by atoms with van der Waals surface area (Å²) in [5, 5.41) is 12.5. The highest BCUT2D eigenvalue weighted by Crippen LogP contribution is 2.34. The summed E-state index contributed by atoms with van der Waals surface area (Å²) < 4.78 is 5.40. The maximum Gasteiger partial charge on any atom is 0.315 e. The lowest BCUT2D eigenvalue weighted by Gasteiger charge is -2.29. The van der Waals surface area contributed by atoms with Gasteiger partial charge in [0.05, 0.1) is 12.0 Å². The molecule has 1 aromatic rings. The molecule has 0 aliphatic heterocycles. The molecule has 2 rings (SSSR count). The van der Waals surface area contributed by atoms with E-state index in [1.54, 1.807) is 12.1 Å². The molecule has 5 heteroatoms. The monoisotopic (exact) mass is 305 g/mol. The van der Waals surface area contributed by atoms with E-state index in [9.17, 15) is 14.7 Å². The summed E-state index contributed by atoms with van der Waals surface area (Å²) in [5.74, 6) is -1.17. The fourth-order valence-corrected chi connectivity index (χ4v) is 2.75. The molecule has 1 amide bonds. The van der Waals surface area contributed by atoms with E-state index in [2.05, 4.69) is 5.32 Å². The number of benzene rings is 1. The van der Waals surface area contributed by atoms with Gasteiger partial charge in [-0.25, -0.2) is 0 Å². The number of amides is 1. The van der Waals surface area contributed by atoms with E-state index in [1.807, 2.05) is 32.0 Å². The summed E-state index contributed by atoms with van der Waals surface area (Å²) in [7, 11) is 0. The highest BCUT2D eigenvalue weighted by Gasteiger charge is 2.45. The maximum absolute atomic E-state index is 12.1. The van der Waals surface area contributed by atoms with Crippen LogP contribution >= 0.6 is 0 Å². The minimum atomic E-state index is -1.09. The highest BCUT2D eigenvalue weighted by atomic mass is 16.5. The van der Waals surface area contributed by atoms with Crippen molar-refractivity contribution in [3.8, 4) is 0 Å². The van der Waals surface area contributed by atoms with Crippen molar-refractivity contribution >= 4 is 11.9 Å². The summed E-state index contributed by atoms with van der Waals surface area (Å²) in [5.41, 5.74) is -0.380. The molecule has 3 unspecified atom stereocenters. The molecule has 1 aromatic carbocycles. The normalized spacial score (nSPS) is 22.6. The molecule has 3 atom stereocenters. The molecule has 0 bridgehead atoms. The second-order valence-corrected chi connectivity index (χ2v) is 5.66. The van der Waals surface area contributed by atoms with E-state index in [1.165, 1.54) is 0 Å². The van der Waals surface area contributed by atoms with Crippen molar-refractivity contribution in [2.45, 2.75) is 38.2 Å². The second kappa shape index (κ2) is 6.92. The van der Waals surface area contributed by atoms with E-state index in [4.69, 9.17) is 4.74 Å². The fourth-order valence-electron chi connectivity index (χ4n) is 2.75. The fraction of sp³-hybridized carbons (Fsp3) is 0.529. The molecule has 0 heterocycles. The van der Waals surface area contributed by atoms with Crippen molar-refractivity contribution in [3.63, 3.8) is 0 Å². The van der Waals surface area contributed by atoms with E-state index < -0.39 is 11.4 Å². The Morgan fingerprint density at radius 3 is 2.55 bits per heavy atom. The van der Waals surface area contributed by atoms with Crippen molar-refractivity contribution in [2.75, 3.05) is 13.2 Å². The first-order valence-electron chi connectivity index (χ1n) is 7.73. The Bertz CT molecular complexity index is 531. The first-order chi connectivity index (χ1) is 10.5. The van der Waals surface area contributed by atoms with Crippen LogP contribution in [0.2, 0.25) is 0 Å². The van der Waals surface area contributed by atoms with Crippen LogP contribution in [0.5, 0.6) is 0 Å². The van der Waals surface area contributed by atoms with Crippen molar-refractivity contribution in [3.05, 3.63) is 35.9 Å². The van der Waals surface area contributed by atoms with Gasteiger partial charge in [0.25, 0.3) is 0 Å². The molecule has 0 spiro atoms. The molecule has 22 heavy (non-hydrogen) atoms. The van der Waals surface area contributed by atoms with Gasteiger partial charge in [-0.05, 0) is 25.3 Å². The molecule has 0 radical (unpaired) electrons. The van der Waals surface area contributed by atoms with Crippen LogP contribution in [-0.4, -0.2) is 36.2 Å². The van der Waals surface area contributed by atoms with Gasteiger partial charge < -0.3 is 15.2 Å². The molecule has 5 nitrogen and oxygen atoms in total. The van der Waals surface area contributed by atoms with Gasteiger partial charge in [-0.1, -0.05) is 37.3 Å². The number of carbonyl (C=O) groups is 2. The highest BCUT2D eigenvalue weighted by molar-refractivity contribution is 5.85. The van der Waals surface area contributed by atoms with E-state index in [0.29, 0.717) is 18.6 Å². The van der Waals surface area contributed by atoms with Gasteiger partial charge in [0.15, 0.2) is 0 Å². The number of carboxylic acid groups (broad SMARTS) is 1. The predicted molar refractivity (Wildman–Crippen MR) is 82.6 cm³/mol. The molecule has 1 aliphatic carbocycles. The summed E-state index contributed by atoms with van der Waals surface area (Å²) in [4.78, 5) is 24.0. The van der Waals surface area contributed by atoms with Gasteiger partial charge in [-0.2, -0.15) is 0 Å². The first-order valence-corrected chi connectivity index (χ1v) is 7.73. The third kappa shape index (κ3) is 3.30. The van der Waals surface area contributed by atoms with E-state index in [-0.39, 0.29) is 24.5 Å². The van der Waals surface area contributed by atoms with Gasteiger partial charge in [0, 0.05) is 13.2 Å². The number of aliphatic carboxylic acids is 1. The zero-order valence-corrected chi connectivity index (χ0v) is 13.0. The van der Waals surface area contributed by atoms with Gasteiger partial charge in [0.2, 0.25) is 5.91 Å². The van der Waals surface area contributed by atoms with E-state index >= 15 is 0 Å². The summed E-state index contributed by atoms with van der Waals surface area (Å²) in [6.07, 6.45) is 1.12. The van der Waals surface area contributed by atoms with Crippen LogP contribution < -0.4 is 5.32 Å². The van der Waals surface area contributed by atoms with Crippen molar-refractivity contribution in [2.24, 2.45) is 5.92 Å². The van der Waals surface area contributed by atoms with Crippen LogP contribution in [0, 0.1) is 5.92 Å². The quantitative estimate of drug-likeness (QED) is 0.770. The zero-order chi connectivity index (χ0) is 16.2. The smallest absolute Gasteiger partial charge is 0.315 e. The Morgan fingerprint density at radius 1 is 1.32 bits per heavy atom. The molecule has 0 aromatic heterocycles. The minimum absolute atomic E-state index is 0.0115. The lowest BCUT2D eigenvalue weighted by molar-refractivity contribution is -0.144. The lowest BCUT2D eigenvalue weighted by atomic mass is 9.78. The second-order valence-electron chi connectivity index (χ2n) is 5.66. The zero-order valence-electron chi connectivity index (χ0n) is 13.0. The minimum Gasteiger partial charge on any atom is -0.481 e. The lowest BCUT2D eigenvalue weighted by Crippen LogP contribution is -2.46. The topological polar surface area (TPSA) is 75.6 Å². The van der Waals surface area contributed by atoms with Crippen LogP contribution in [0.15, 0.2) is 30.3 Å². The van der Waals surface area contributed by atoms with Gasteiger partial charge in [0.1, 0.15) is 5.41 Å². The Kier molecular flexibility index (Phi) is 5.19. The van der Waals surface area contributed by atoms with Gasteiger partial charge >= 0.3 is 5.97 Å². The van der Waals surface area contributed by atoms with Crippen LogP contribution in [0.1, 0.15) is 32.3 Å². The molecular formula is C17H23NO4. The number of ether oxygens (including phenoxy) is 1. The van der Waals surface area contributed by atoms with Crippen LogP contribution in [-0.2, 0) is 19.7 Å². The number of rotatable bonds is 8. The summed E-state index contributed by atoms with van der Waals surface area (Å²) >= 11 is 0. The molecule has 1 saturated carbocycles. The maximum atomic E-state index is 12.1. The number of nitrogens with one attached hydrogen (secondary N) is 1. The average Bonchev–Trinajstić information content (AvgIpc) is 3.29. The summed E-state index contributed by atoms with van der Waals surface area (Å²) in [6.45, 7) is 4.41. The molecule has 120 valence electrons. The third-order valence-electron chi connectivity index (χ3n) is 4.35. The average molecular weight is 305 g/mol. The predicted octanol–water partition coefficient (Wildman–Crippen LogP) is 1.96. The molecule has 1 aliphatic rings. The van der Waals surface area contributed by atoms with Gasteiger partial charge in [-0.15, -0.1) is 0 Å². The van der Waals surface area contributed by atoms with Crippen molar-refractivity contribution < 1.29 is 19.4 Å².